The van der Waals surface area contributed by atoms with E-state index in [1.807, 2.05) is 60.7 Å². The Balaban J connectivity index is 1.42. The van der Waals surface area contributed by atoms with E-state index in [0.29, 0.717) is 28.9 Å². The Labute approximate surface area is 195 Å². The number of imide groups is 1. The van der Waals surface area contributed by atoms with Gasteiger partial charge in [-0.2, -0.15) is 0 Å². The van der Waals surface area contributed by atoms with Crippen LogP contribution in [-0.4, -0.2) is 29.3 Å². The molecule has 4 rings (SSSR count). The maximum atomic E-state index is 12.9. The van der Waals surface area contributed by atoms with Gasteiger partial charge < -0.3 is 9.47 Å². The van der Waals surface area contributed by atoms with Gasteiger partial charge in [-0.05, 0) is 53.7 Å². The molecule has 162 valence electrons. The predicted octanol–water partition coefficient (Wildman–Crippen LogP) is 6.03. The molecule has 3 aromatic rings. The number of para-hydroxylation sites is 2. The lowest BCUT2D eigenvalue weighted by molar-refractivity contribution is -0.123. The number of benzene rings is 3. The molecule has 1 aliphatic heterocycles. The molecule has 3 aromatic carbocycles. The first-order valence-corrected chi connectivity index (χ1v) is 11.2. The molecule has 0 N–H and O–H groups in total. The third-order valence-corrected chi connectivity index (χ3v) is 5.80. The molecule has 1 fully saturated rings. The smallest absolute Gasteiger partial charge is 0.293 e. The van der Waals surface area contributed by atoms with Crippen LogP contribution in [0.15, 0.2) is 83.8 Å². The van der Waals surface area contributed by atoms with Gasteiger partial charge in [0.05, 0.1) is 11.4 Å². The molecule has 5 nitrogen and oxygen atoms in total. The number of hydrogen-bond donors (Lipinski definition) is 0. The summed E-state index contributed by atoms with van der Waals surface area (Å²) in [7, 11) is 0. The minimum absolute atomic E-state index is 0.178. The van der Waals surface area contributed by atoms with Crippen LogP contribution in [0.2, 0.25) is 5.02 Å². The molecule has 0 atom stereocenters. The van der Waals surface area contributed by atoms with Crippen LogP contribution >= 0.6 is 23.4 Å². The van der Waals surface area contributed by atoms with Crippen molar-refractivity contribution in [2.45, 2.75) is 6.54 Å². The molecule has 7 heteroatoms. The van der Waals surface area contributed by atoms with Crippen molar-refractivity contribution in [2.24, 2.45) is 0 Å². The quantitative estimate of drug-likeness (QED) is 0.300. The van der Waals surface area contributed by atoms with E-state index in [0.717, 1.165) is 28.6 Å². The summed E-state index contributed by atoms with van der Waals surface area (Å²) in [6.45, 7) is 0.905. The van der Waals surface area contributed by atoms with Crippen molar-refractivity contribution in [3.05, 3.63) is 99.9 Å². The minimum Gasteiger partial charge on any atom is -0.490 e. The van der Waals surface area contributed by atoms with Gasteiger partial charge in [-0.15, -0.1) is 0 Å². The van der Waals surface area contributed by atoms with Gasteiger partial charge in [-0.3, -0.25) is 14.5 Å². The molecule has 32 heavy (non-hydrogen) atoms. The molecular formula is C25H20ClNO4S. The maximum absolute atomic E-state index is 12.9. The molecule has 0 saturated carbocycles. The van der Waals surface area contributed by atoms with E-state index in [4.69, 9.17) is 21.1 Å². The summed E-state index contributed by atoms with van der Waals surface area (Å²) in [6, 6.07) is 24.0. The monoisotopic (exact) mass is 465 g/mol. The van der Waals surface area contributed by atoms with E-state index in [2.05, 4.69) is 0 Å². The summed E-state index contributed by atoms with van der Waals surface area (Å²) < 4.78 is 11.5. The standard InChI is InChI=1S/C25H20ClNO4S/c26-20-9-6-7-18(15-20)17-27-24(28)23(32-25(27)29)16-19-8-4-5-12-22(19)31-14-13-30-21-10-2-1-3-11-21/h1-12,15-16H,13-14,17H2/b23-16-. The molecule has 0 unspecified atom stereocenters. The highest BCUT2D eigenvalue weighted by molar-refractivity contribution is 8.18. The highest BCUT2D eigenvalue weighted by Gasteiger charge is 2.35. The Morgan fingerprint density at radius 3 is 2.44 bits per heavy atom. The molecular weight excluding hydrogens is 446 g/mol. The van der Waals surface area contributed by atoms with E-state index < -0.39 is 0 Å². The van der Waals surface area contributed by atoms with E-state index >= 15 is 0 Å². The summed E-state index contributed by atoms with van der Waals surface area (Å²) in [4.78, 5) is 26.9. The number of ether oxygens (including phenoxy) is 2. The second-order valence-corrected chi connectivity index (χ2v) is 8.38. The van der Waals surface area contributed by atoms with Crippen LogP contribution in [0.4, 0.5) is 4.79 Å². The molecule has 0 aliphatic carbocycles. The zero-order chi connectivity index (χ0) is 22.3. The van der Waals surface area contributed by atoms with Crippen LogP contribution in [0.1, 0.15) is 11.1 Å². The number of halogens is 1. The van der Waals surface area contributed by atoms with Crippen LogP contribution in [-0.2, 0) is 11.3 Å². The fourth-order valence-electron chi connectivity index (χ4n) is 3.15. The second kappa shape index (κ2) is 10.4. The third kappa shape index (κ3) is 5.52. The van der Waals surface area contributed by atoms with Gasteiger partial charge in [0, 0.05) is 10.6 Å². The summed E-state index contributed by atoms with van der Waals surface area (Å²) in [6.07, 6.45) is 1.69. The van der Waals surface area contributed by atoms with Crippen LogP contribution in [0.5, 0.6) is 11.5 Å². The Morgan fingerprint density at radius 1 is 0.875 bits per heavy atom. The van der Waals surface area contributed by atoms with Gasteiger partial charge in [-0.25, -0.2) is 0 Å². The fraction of sp³-hybridized carbons (Fsp3) is 0.120. The number of hydrogen-bond acceptors (Lipinski definition) is 5. The molecule has 1 aliphatic rings. The first-order chi connectivity index (χ1) is 15.6. The van der Waals surface area contributed by atoms with Crippen molar-refractivity contribution in [3.8, 4) is 11.5 Å². The van der Waals surface area contributed by atoms with Crippen molar-refractivity contribution in [3.63, 3.8) is 0 Å². The zero-order valence-corrected chi connectivity index (χ0v) is 18.6. The SMILES string of the molecule is O=C1S/C(=C\c2ccccc2OCCOc2ccccc2)C(=O)N1Cc1cccc(Cl)c1. The molecule has 0 radical (unpaired) electrons. The number of thioether (sulfide) groups is 1. The lowest BCUT2D eigenvalue weighted by atomic mass is 10.1. The molecule has 0 bridgehead atoms. The van der Waals surface area contributed by atoms with Crippen molar-refractivity contribution in [1.82, 2.24) is 4.90 Å². The molecule has 0 aromatic heterocycles. The van der Waals surface area contributed by atoms with E-state index in [1.165, 1.54) is 4.90 Å². The van der Waals surface area contributed by atoms with Crippen LogP contribution in [0.25, 0.3) is 6.08 Å². The van der Waals surface area contributed by atoms with Crippen molar-refractivity contribution in [2.75, 3.05) is 13.2 Å². The number of carbonyl (C=O) groups excluding carboxylic acids is 2. The van der Waals surface area contributed by atoms with Gasteiger partial charge >= 0.3 is 0 Å². The van der Waals surface area contributed by atoms with Crippen LogP contribution in [0, 0.1) is 0 Å². The summed E-state index contributed by atoms with van der Waals surface area (Å²) in [5.41, 5.74) is 1.52. The van der Waals surface area contributed by atoms with E-state index in [-0.39, 0.29) is 17.7 Å². The molecule has 2 amide bonds. The van der Waals surface area contributed by atoms with Crippen molar-refractivity contribution in [1.29, 1.82) is 0 Å². The predicted molar refractivity (Wildman–Crippen MR) is 127 cm³/mol. The van der Waals surface area contributed by atoms with E-state index in [1.54, 1.807) is 24.3 Å². The topological polar surface area (TPSA) is 55.8 Å². The first kappa shape index (κ1) is 22.0. The highest BCUT2D eigenvalue weighted by atomic mass is 35.5. The minimum atomic E-state index is -0.331. The third-order valence-electron chi connectivity index (χ3n) is 4.66. The Morgan fingerprint density at radius 2 is 1.62 bits per heavy atom. The maximum Gasteiger partial charge on any atom is 0.293 e. The summed E-state index contributed by atoms with van der Waals surface area (Å²) in [5, 5.41) is 0.253. The van der Waals surface area contributed by atoms with Crippen molar-refractivity contribution < 1.29 is 19.1 Å². The van der Waals surface area contributed by atoms with E-state index in [9.17, 15) is 9.59 Å². The number of amides is 2. The lowest BCUT2D eigenvalue weighted by Gasteiger charge is -2.13. The number of rotatable bonds is 8. The Hall–Kier alpha value is -3.22. The molecule has 0 spiro atoms. The average molecular weight is 466 g/mol. The van der Waals surface area contributed by atoms with Gasteiger partial charge in [0.1, 0.15) is 24.7 Å². The zero-order valence-electron chi connectivity index (χ0n) is 17.1. The van der Waals surface area contributed by atoms with Gasteiger partial charge in [0.25, 0.3) is 11.1 Å². The first-order valence-electron chi connectivity index (χ1n) is 9.99. The Kier molecular flexibility index (Phi) is 7.14. The molecule has 1 heterocycles. The average Bonchev–Trinajstić information content (AvgIpc) is 3.06. The largest absolute Gasteiger partial charge is 0.490 e. The fourth-order valence-corrected chi connectivity index (χ4v) is 4.20. The normalized spacial score (nSPS) is 14.8. The second-order valence-electron chi connectivity index (χ2n) is 6.95. The van der Waals surface area contributed by atoms with Crippen LogP contribution < -0.4 is 9.47 Å². The van der Waals surface area contributed by atoms with Gasteiger partial charge in [0.15, 0.2) is 0 Å². The summed E-state index contributed by atoms with van der Waals surface area (Å²) in [5.74, 6) is 1.06. The van der Waals surface area contributed by atoms with Crippen LogP contribution in [0.3, 0.4) is 0 Å². The van der Waals surface area contributed by atoms with Gasteiger partial charge in [-0.1, -0.05) is 60.1 Å². The number of nitrogens with zero attached hydrogens (tertiary/aromatic N) is 1. The Bertz CT molecular complexity index is 1150. The summed E-state index contributed by atoms with van der Waals surface area (Å²) >= 11 is 6.94. The molecule has 1 saturated heterocycles. The lowest BCUT2D eigenvalue weighted by Crippen LogP contribution is -2.27. The number of carbonyl (C=O) groups is 2. The highest BCUT2D eigenvalue weighted by Crippen LogP contribution is 2.35. The van der Waals surface area contributed by atoms with Crippen molar-refractivity contribution >= 4 is 40.6 Å². The van der Waals surface area contributed by atoms with Gasteiger partial charge in [0.2, 0.25) is 0 Å².